The number of aliphatic hydroxyl groups excluding tert-OH is 1. The van der Waals surface area contributed by atoms with Crippen molar-refractivity contribution in [2.45, 2.75) is 38.6 Å². The molecule has 124 valence electrons. The van der Waals surface area contributed by atoms with Crippen LogP contribution in [0.15, 0.2) is 29.6 Å². The highest BCUT2D eigenvalue weighted by molar-refractivity contribution is 7.99. The predicted molar refractivity (Wildman–Crippen MR) is 92.3 cm³/mol. The minimum atomic E-state index is -0.0555. The van der Waals surface area contributed by atoms with Crippen LogP contribution in [0, 0.1) is 13.8 Å². The smallest absolute Gasteiger partial charge is 0.230 e. The van der Waals surface area contributed by atoms with E-state index in [1.165, 1.54) is 22.9 Å². The van der Waals surface area contributed by atoms with Gasteiger partial charge in [0, 0.05) is 7.05 Å². The van der Waals surface area contributed by atoms with Crippen molar-refractivity contribution in [3.8, 4) is 0 Å². The van der Waals surface area contributed by atoms with Crippen LogP contribution < -0.4 is 5.32 Å². The summed E-state index contributed by atoms with van der Waals surface area (Å²) in [6.45, 7) is 6.08. The van der Waals surface area contributed by atoms with Crippen LogP contribution in [-0.2, 0) is 18.4 Å². The lowest BCUT2D eigenvalue weighted by atomic mass is 10.0. The summed E-state index contributed by atoms with van der Waals surface area (Å²) in [7, 11) is 1.83. The van der Waals surface area contributed by atoms with Gasteiger partial charge in [-0.15, -0.1) is 0 Å². The summed E-state index contributed by atoms with van der Waals surface area (Å²) in [5.41, 5.74) is 4.31. The Bertz CT molecular complexity index is 697. The van der Waals surface area contributed by atoms with Crippen molar-refractivity contribution in [2.75, 3.05) is 5.75 Å². The molecule has 0 radical (unpaired) electrons. The van der Waals surface area contributed by atoms with E-state index in [0.717, 1.165) is 16.4 Å². The first kappa shape index (κ1) is 17.6. The van der Waals surface area contributed by atoms with E-state index in [-0.39, 0.29) is 18.6 Å². The molecule has 0 spiro atoms. The number of benzene rings is 1. The lowest BCUT2D eigenvalue weighted by Crippen LogP contribution is -2.28. The molecule has 1 aromatic carbocycles. The van der Waals surface area contributed by atoms with Crippen molar-refractivity contribution in [1.29, 1.82) is 0 Å². The average molecular weight is 333 g/mol. The Morgan fingerprint density at radius 2 is 2.13 bits per heavy atom. The van der Waals surface area contributed by atoms with E-state index in [1.807, 2.05) is 20.0 Å². The van der Waals surface area contributed by atoms with Gasteiger partial charge in [0.2, 0.25) is 5.91 Å². The third kappa shape index (κ3) is 4.36. The SMILES string of the molecule is Cc1ccc(C(C)NC(=O)CSc2ncc(CO)n2C)cc1C. The highest BCUT2D eigenvalue weighted by atomic mass is 32.2. The number of carbonyl (C=O) groups is 1. The highest BCUT2D eigenvalue weighted by Gasteiger charge is 2.13. The fourth-order valence-corrected chi connectivity index (χ4v) is 3.02. The van der Waals surface area contributed by atoms with Gasteiger partial charge in [-0.3, -0.25) is 4.79 Å². The first-order valence-corrected chi connectivity index (χ1v) is 8.51. The number of aliphatic hydroxyl groups is 1. The second-order valence-corrected chi connectivity index (χ2v) is 6.61. The van der Waals surface area contributed by atoms with Crippen molar-refractivity contribution < 1.29 is 9.90 Å². The van der Waals surface area contributed by atoms with E-state index in [1.54, 1.807) is 10.8 Å². The molecule has 1 unspecified atom stereocenters. The van der Waals surface area contributed by atoms with Gasteiger partial charge in [-0.05, 0) is 37.5 Å². The molecule has 0 aliphatic heterocycles. The molecule has 1 heterocycles. The first-order valence-electron chi connectivity index (χ1n) is 7.53. The fraction of sp³-hybridized carbons (Fsp3) is 0.412. The molecule has 0 fully saturated rings. The number of aromatic nitrogens is 2. The van der Waals surface area contributed by atoms with Crippen LogP contribution in [0.25, 0.3) is 0 Å². The Hall–Kier alpha value is -1.79. The lowest BCUT2D eigenvalue weighted by molar-refractivity contribution is -0.119. The Morgan fingerprint density at radius 3 is 2.74 bits per heavy atom. The number of thioether (sulfide) groups is 1. The molecular weight excluding hydrogens is 310 g/mol. The monoisotopic (exact) mass is 333 g/mol. The minimum Gasteiger partial charge on any atom is -0.390 e. The summed E-state index contributed by atoms with van der Waals surface area (Å²) < 4.78 is 1.80. The van der Waals surface area contributed by atoms with Crippen molar-refractivity contribution in [3.05, 3.63) is 46.8 Å². The number of nitrogens with one attached hydrogen (secondary N) is 1. The molecule has 0 bridgehead atoms. The zero-order valence-corrected chi connectivity index (χ0v) is 14.8. The van der Waals surface area contributed by atoms with E-state index >= 15 is 0 Å². The standard InChI is InChI=1S/C17H23N3O2S/c1-11-5-6-14(7-12(11)2)13(3)19-16(22)10-23-17-18-8-15(9-21)20(17)4/h5-8,13,21H,9-10H2,1-4H3,(H,19,22). The van der Waals surface area contributed by atoms with E-state index in [9.17, 15) is 4.79 Å². The second kappa shape index (κ2) is 7.66. The molecule has 1 atom stereocenters. The maximum absolute atomic E-state index is 12.1. The third-order valence-corrected chi connectivity index (χ3v) is 4.99. The minimum absolute atomic E-state index is 0.0308. The molecule has 0 saturated carbocycles. The maximum atomic E-state index is 12.1. The zero-order chi connectivity index (χ0) is 17.0. The van der Waals surface area contributed by atoms with Crippen molar-refractivity contribution in [3.63, 3.8) is 0 Å². The number of hydrogen-bond acceptors (Lipinski definition) is 4. The van der Waals surface area contributed by atoms with Gasteiger partial charge in [-0.25, -0.2) is 4.98 Å². The van der Waals surface area contributed by atoms with Crippen molar-refractivity contribution >= 4 is 17.7 Å². The number of aryl methyl sites for hydroxylation is 2. The summed E-state index contributed by atoms with van der Waals surface area (Å²) in [6.07, 6.45) is 1.62. The molecule has 5 nitrogen and oxygen atoms in total. The molecule has 6 heteroatoms. The molecule has 1 amide bonds. The van der Waals surface area contributed by atoms with Gasteiger partial charge in [0.05, 0.1) is 30.3 Å². The van der Waals surface area contributed by atoms with Gasteiger partial charge >= 0.3 is 0 Å². The van der Waals surface area contributed by atoms with Crippen LogP contribution in [0.1, 0.15) is 35.3 Å². The number of nitrogens with zero attached hydrogens (tertiary/aromatic N) is 2. The largest absolute Gasteiger partial charge is 0.390 e. The molecular formula is C17H23N3O2S. The number of rotatable bonds is 6. The van der Waals surface area contributed by atoms with Crippen LogP contribution in [0.2, 0.25) is 0 Å². The van der Waals surface area contributed by atoms with Gasteiger partial charge in [0.25, 0.3) is 0 Å². The van der Waals surface area contributed by atoms with Crippen LogP contribution in [0.5, 0.6) is 0 Å². The summed E-state index contributed by atoms with van der Waals surface area (Å²) in [5.74, 6) is 0.263. The summed E-state index contributed by atoms with van der Waals surface area (Å²) in [5, 5.41) is 12.9. The number of imidazole rings is 1. The van der Waals surface area contributed by atoms with Crippen LogP contribution >= 0.6 is 11.8 Å². The molecule has 0 aliphatic rings. The van der Waals surface area contributed by atoms with Gasteiger partial charge in [0.15, 0.2) is 5.16 Å². The molecule has 23 heavy (non-hydrogen) atoms. The first-order chi connectivity index (χ1) is 10.9. The van der Waals surface area contributed by atoms with Crippen LogP contribution in [0.3, 0.4) is 0 Å². The van der Waals surface area contributed by atoms with E-state index in [4.69, 9.17) is 5.11 Å². The fourth-order valence-electron chi connectivity index (χ4n) is 2.24. The molecule has 2 aromatic rings. The Balaban J connectivity index is 1.91. The Labute approximate surface area is 141 Å². The van der Waals surface area contributed by atoms with Crippen molar-refractivity contribution in [1.82, 2.24) is 14.9 Å². The molecule has 0 saturated heterocycles. The average Bonchev–Trinajstić information content (AvgIpc) is 2.88. The maximum Gasteiger partial charge on any atom is 0.230 e. The number of hydrogen-bond donors (Lipinski definition) is 2. The Morgan fingerprint density at radius 1 is 1.39 bits per heavy atom. The normalized spacial score (nSPS) is 12.2. The summed E-state index contributed by atoms with van der Waals surface area (Å²) in [4.78, 5) is 16.3. The van der Waals surface area contributed by atoms with Gasteiger partial charge in [-0.2, -0.15) is 0 Å². The molecule has 2 rings (SSSR count). The summed E-state index contributed by atoms with van der Waals surface area (Å²) in [6, 6.07) is 6.20. The highest BCUT2D eigenvalue weighted by Crippen LogP contribution is 2.19. The van der Waals surface area contributed by atoms with Crippen LogP contribution in [0.4, 0.5) is 0 Å². The second-order valence-electron chi connectivity index (χ2n) is 5.67. The zero-order valence-electron chi connectivity index (χ0n) is 14.0. The van der Waals surface area contributed by atoms with Gasteiger partial charge in [-0.1, -0.05) is 30.0 Å². The number of amides is 1. The summed E-state index contributed by atoms with van der Waals surface area (Å²) >= 11 is 1.36. The lowest BCUT2D eigenvalue weighted by Gasteiger charge is -2.15. The topological polar surface area (TPSA) is 67.2 Å². The predicted octanol–water partition coefficient (Wildman–Crippen LogP) is 2.50. The van der Waals surface area contributed by atoms with E-state index in [0.29, 0.717) is 5.75 Å². The molecule has 0 aliphatic carbocycles. The Kier molecular flexibility index (Phi) is 5.85. The van der Waals surface area contributed by atoms with Crippen molar-refractivity contribution in [2.24, 2.45) is 7.05 Å². The van der Waals surface area contributed by atoms with E-state index in [2.05, 4.69) is 36.3 Å². The third-order valence-electron chi connectivity index (χ3n) is 3.94. The van der Waals surface area contributed by atoms with Gasteiger partial charge < -0.3 is 15.0 Å². The molecule has 2 N–H and O–H groups in total. The molecule has 1 aromatic heterocycles. The van der Waals surface area contributed by atoms with E-state index < -0.39 is 0 Å². The van der Waals surface area contributed by atoms with Crippen LogP contribution in [-0.4, -0.2) is 26.3 Å². The quantitative estimate of drug-likeness (QED) is 0.797. The number of carbonyl (C=O) groups excluding carboxylic acids is 1. The van der Waals surface area contributed by atoms with Gasteiger partial charge in [0.1, 0.15) is 0 Å².